The van der Waals surface area contributed by atoms with Gasteiger partial charge in [-0.05, 0) is 50.1 Å². The lowest BCUT2D eigenvalue weighted by Crippen LogP contribution is -2.42. The molecule has 9 heteroatoms. The van der Waals surface area contributed by atoms with Gasteiger partial charge in [0.25, 0.3) is 5.91 Å². The molecule has 1 fully saturated rings. The van der Waals surface area contributed by atoms with Crippen LogP contribution in [0.4, 0.5) is 14.5 Å². The Hall–Kier alpha value is -2.52. The fraction of sp³-hybridized carbons (Fsp3) is 0.350. The molecular weight excluding hydrogens is 402 g/mol. The maximum atomic E-state index is 13.8. The van der Waals surface area contributed by atoms with E-state index in [1.807, 2.05) is 6.92 Å². The van der Waals surface area contributed by atoms with Gasteiger partial charge < -0.3 is 10.1 Å². The van der Waals surface area contributed by atoms with Gasteiger partial charge in [0.1, 0.15) is 22.3 Å². The molecule has 0 radical (unpaired) electrons. The summed E-state index contributed by atoms with van der Waals surface area (Å²) in [6.07, 6.45) is 2.46. The minimum absolute atomic E-state index is 0.0160. The van der Waals surface area contributed by atoms with E-state index >= 15 is 0 Å². The Morgan fingerprint density at radius 2 is 1.93 bits per heavy atom. The molecule has 156 valence electrons. The summed E-state index contributed by atoms with van der Waals surface area (Å²) in [5, 5.41) is 2.27. The van der Waals surface area contributed by atoms with E-state index < -0.39 is 27.6 Å². The van der Waals surface area contributed by atoms with Gasteiger partial charge in [-0.3, -0.25) is 4.79 Å². The second-order valence-corrected chi connectivity index (χ2v) is 8.76. The lowest BCUT2D eigenvalue weighted by Gasteiger charge is -2.32. The number of halogens is 2. The summed E-state index contributed by atoms with van der Waals surface area (Å²) in [6, 6.07) is 6.45. The van der Waals surface area contributed by atoms with E-state index in [1.54, 1.807) is 0 Å². The molecule has 1 amide bonds. The van der Waals surface area contributed by atoms with Crippen LogP contribution in [0, 0.1) is 11.6 Å². The summed E-state index contributed by atoms with van der Waals surface area (Å²) in [4.78, 5) is 12.4. The summed E-state index contributed by atoms with van der Waals surface area (Å²) in [6.45, 7) is 2.23. The minimum atomic E-state index is -3.90. The maximum absolute atomic E-state index is 13.8. The molecule has 2 aromatic carbocycles. The first-order valence-electron chi connectivity index (χ1n) is 9.20. The summed E-state index contributed by atoms with van der Waals surface area (Å²) in [7, 11) is -2.56. The number of hydrogen-bond donors (Lipinski definition) is 1. The van der Waals surface area contributed by atoms with Gasteiger partial charge in [0.05, 0.1) is 12.8 Å². The zero-order chi connectivity index (χ0) is 21.2. The van der Waals surface area contributed by atoms with E-state index in [0.29, 0.717) is 6.54 Å². The lowest BCUT2D eigenvalue weighted by atomic mass is 10.1. The van der Waals surface area contributed by atoms with Crippen LogP contribution in [0.3, 0.4) is 0 Å². The number of methoxy groups -OCH3 is 1. The number of ether oxygens (including phenoxy) is 1. The molecule has 0 spiro atoms. The number of benzene rings is 2. The highest BCUT2D eigenvalue weighted by molar-refractivity contribution is 7.89. The smallest absolute Gasteiger partial charge is 0.255 e. The Morgan fingerprint density at radius 3 is 2.62 bits per heavy atom. The van der Waals surface area contributed by atoms with Crippen molar-refractivity contribution in [3.8, 4) is 5.75 Å². The van der Waals surface area contributed by atoms with Crippen molar-refractivity contribution in [2.75, 3.05) is 19.0 Å². The Kier molecular flexibility index (Phi) is 6.18. The first kappa shape index (κ1) is 21.2. The summed E-state index contributed by atoms with van der Waals surface area (Å²) >= 11 is 0. The molecule has 1 saturated heterocycles. The van der Waals surface area contributed by atoms with Crippen LogP contribution in [0.1, 0.15) is 36.5 Å². The zero-order valence-electron chi connectivity index (χ0n) is 16.1. The first-order valence-corrected chi connectivity index (χ1v) is 10.6. The van der Waals surface area contributed by atoms with Crippen molar-refractivity contribution < 1.29 is 26.7 Å². The molecule has 6 nitrogen and oxygen atoms in total. The number of carbonyl (C=O) groups is 1. The molecule has 1 atom stereocenters. The second-order valence-electron chi connectivity index (χ2n) is 6.90. The van der Waals surface area contributed by atoms with Crippen molar-refractivity contribution in [2.45, 2.75) is 37.1 Å². The van der Waals surface area contributed by atoms with Gasteiger partial charge in [0.2, 0.25) is 10.0 Å². The van der Waals surface area contributed by atoms with Crippen LogP contribution in [0.2, 0.25) is 0 Å². The number of sulfonamides is 1. The largest absolute Gasteiger partial charge is 0.495 e. The molecule has 1 N–H and O–H groups in total. The number of nitrogens with one attached hydrogen (secondary N) is 1. The monoisotopic (exact) mass is 424 g/mol. The van der Waals surface area contributed by atoms with E-state index in [4.69, 9.17) is 4.74 Å². The standard InChI is InChI=1S/C20H22F2N2O4S/c1-13-5-3-4-10-24(13)29(26,27)19-11-14(6-9-18(19)28-2)20(25)23-17-12-15(21)7-8-16(17)22/h6-9,11-13H,3-5,10H2,1-2H3,(H,23,25). The van der Waals surface area contributed by atoms with E-state index in [0.717, 1.165) is 37.5 Å². The highest BCUT2D eigenvalue weighted by atomic mass is 32.2. The second kappa shape index (κ2) is 8.46. The van der Waals surface area contributed by atoms with Gasteiger partial charge in [-0.2, -0.15) is 4.31 Å². The highest BCUT2D eigenvalue weighted by Crippen LogP contribution is 2.32. The minimum Gasteiger partial charge on any atom is -0.495 e. The number of rotatable bonds is 5. The van der Waals surface area contributed by atoms with Crippen molar-refractivity contribution in [1.29, 1.82) is 0 Å². The maximum Gasteiger partial charge on any atom is 0.255 e. The molecule has 29 heavy (non-hydrogen) atoms. The van der Waals surface area contributed by atoms with Crippen LogP contribution < -0.4 is 10.1 Å². The van der Waals surface area contributed by atoms with Crippen molar-refractivity contribution in [1.82, 2.24) is 4.31 Å². The van der Waals surface area contributed by atoms with Crippen LogP contribution in [0.15, 0.2) is 41.3 Å². The van der Waals surface area contributed by atoms with Gasteiger partial charge in [0.15, 0.2) is 0 Å². The molecular formula is C20H22F2N2O4S. The molecule has 1 aliphatic heterocycles. The zero-order valence-corrected chi connectivity index (χ0v) is 16.9. The Balaban J connectivity index is 1.96. The van der Waals surface area contributed by atoms with Crippen LogP contribution in [-0.4, -0.2) is 38.3 Å². The molecule has 1 unspecified atom stereocenters. The van der Waals surface area contributed by atoms with Crippen molar-refractivity contribution >= 4 is 21.6 Å². The average Bonchev–Trinajstić information content (AvgIpc) is 2.70. The fourth-order valence-electron chi connectivity index (χ4n) is 3.36. The van der Waals surface area contributed by atoms with Gasteiger partial charge in [-0.25, -0.2) is 17.2 Å². The lowest BCUT2D eigenvalue weighted by molar-refractivity contribution is 0.102. The van der Waals surface area contributed by atoms with Crippen molar-refractivity contribution in [3.63, 3.8) is 0 Å². The van der Waals surface area contributed by atoms with Crippen LogP contribution in [-0.2, 0) is 10.0 Å². The van der Waals surface area contributed by atoms with Crippen LogP contribution >= 0.6 is 0 Å². The Labute approximate surface area is 168 Å². The van der Waals surface area contributed by atoms with Gasteiger partial charge in [-0.15, -0.1) is 0 Å². The summed E-state index contributed by atoms with van der Waals surface area (Å²) in [5.74, 6) is -2.17. The molecule has 0 aromatic heterocycles. The highest BCUT2D eigenvalue weighted by Gasteiger charge is 2.33. The normalized spacial score (nSPS) is 17.7. The quantitative estimate of drug-likeness (QED) is 0.793. The van der Waals surface area contributed by atoms with E-state index in [2.05, 4.69) is 5.32 Å². The summed E-state index contributed by atoms with van der Waals surface area (Å²) in [5.41, 5.74) is -0.349. The number of nitrogens with zero attached hydrogens (tertiary/aromatic N) is 1. The molecule has 0 bridgehead atoms. The van der Waals surface area contributed by atoms with Gasteiger partial charge in [-0.1, -0.05) is 6.42 Å². The van der Waals surface area contributed by atoms with Crippen molar-refractivity contribution in [2.24, 2.45) is 0 Å². The predicted octanol–water partition coefficient (Wildman–Crippen LogP) is 3.79. The number of hydrogen-bond acceptors (Lipinski definition) is 4. The third-order valence-corrected chi connectivity index (χ3v) is 6.97. The molecule has 1 heterocycles. The van der Waals surface area contributed by atoms with Crippen LogP contribution in [0.5, 0.6) is 5.75 Å². The Morgan fingerprint density at radius 1 is 1.17 bits per heavy atom. The number of piperidine rings is 1. The average molecular weight is 424 g/mol. The number of anilines is 1. The van der Waals surface area contributed by atoms with E-state index in [9.17, 15) is 22.0 Å². The number of carbonyl (C=O) groups excluding carboxylic acids is 1. The van der Waals surface area contributed by atoms with Crippen molar-refractivity contribution in [3.05, 3.63) is 53.6 Å². The topological polar surface area (TPSA) is 75.7 Å². The number of amides is 1. The first-order chi connectivity index (χ1) is 13.7. The van der Waals surface area contributed by atoms with Crippen LogP contribution in [0.25, 0.3) is 0 Å². The molecule has 0 saturated carbocycles. The molecule has 2 aromatic rings. The fourth-order valence-corrected chi connectivity index (χ4v) is 5.25. The van der Waals surface area contributed by atoms with E-state index in [-0.39, 0.29) is 27.9 Å². The third-order valence-electron chi connectivity index (χ3n) is 4.93. The predicted molar refractivity (Wildman–Crippen MR) is 105 cm³/mol. The Bertz CT molecular complexity index is 1030. The molecule has 1 aliphatic rings. The summed E-state index contributed by atoms with van der Waals surface area (Å²) < 4.78 is 60.2. The molecule has 3 rings (SSSR count). The van der Waals surface area contributed by atoms with E-state index in [1.165, 1.54) is 29.6 Å². The van der Waals surface area contributed by atoms with Gasteiger partial charge in [0, 0.05) is 24.2 Å². The van der Waals surface area contributed by atoms with Gasteiger partial charge >= 0.3 is 0 Å². The molecule has 0 aliphatic carbocycles. The third kappa shape index (κ3) is 4.40. The SMILES string of the molecule is COc1ccc(C(=O)Nc2cc(F)ccc2F)cc1S(=O)(=O)N1CCCCC1C.